The van der Waals surface area contributed by atoms with Gasteiger partial charge in [-0.25, -0.2) is 0 Å². The van der Waals surface area contributed by atoms with Gasteiger partial charge in [-0.15, -0.1) is 0 Å². The summed E-state index contributed by atoms with van der Waals surface area (Å²) in [6, 6.07) is 0. The molecule has 0 N–H and O–H groups in total. The molecule has 0 bridgehead atoms. The molecule has 0 aromatic heterocycles. The summed E-state index contributed by atoms with van der Waals surface area (Å²) in [6.45, 7) is 3.91. The summed E-state index contributed by atoms with van der Waals surface area (Å²) in [5, 5.41) is 0. The molecule has 1 saturated carbocycles. The van der Waals surface area contributed by atoms with Crippen molar-refractivity contribution in [2.24, 2.45) is 11.8 Å². The summed E-state index contributed by atoms with van der Waals surface area (Å²) >= 11 is 1.79. The zero-order valence-corrected chi connectivity index (χ0v) is 14.5. The maximum atomic E-state index is 13.2. The maximum absolute atomic E-state index is 13.2. The third-order valence-electron chi connectivity index (χ3n) is 4.49. The van der Waals surface area contributed by atoms with Crippen molar-refractivity contribution in [3.63, 3.8) is 0 Å². The van der Waals surface area contributed by atoms with Gasteiger partial charge in [-0.1, -0.05) is 26.2 Å². The Hall–Kier alpha value is 0.320. The largest absolute Gasteiger partial charge is 0.352 e. The fourth-order valence-corrected chi connectivity index (χ4v) is 3.67. The standard InChI is InChI=1S/C16H26FIO2/c1-2-3-4-5-12-10-19-16(20-11-12)14-8-6-13(7-9-14)15(17)18/h12,14,16H,2-11H2,1H3. The Kier molecular flexibility index (Phi) is 7.25. The van der Waals surface area contributed by atoms with Crippen molar-refractivity contribution in [1.82, 2.24) is 0 Å². The lowest BCUT2D eigenvalue weighted by Gasteiger charge is -2.36. The third-order valence-corrected chi connectivity index (χ3v) is 5.26. The molecule has 0 radical (unpaired) electrons. The Labute approximate surface area is 135 Å². The first-order valence-corrected chi connectivity index (χ1v) is 9.04. The summed E-state index contributed by atoms with van der Waals surface area (Å²) in [4.78, 5) is 0. The maximum Gasteiger partial charge on any atom is 0.160 e. The molecule has 1 saturated heterocycles. The highest BCUT2D eigenvalue weighted by Gasteiger charge is 2.31. The first-order valence-electron chi connectivity index (χ1n) is 7.97. The van der Waals surface area contributed by atoms with Gasteiger partial charge in [0.25, 0.3) is 0 Å². The van der Waals surface area contributed by atoms with Gasteiger partial charge in [-0.3, -0.25) is 0 Å². The van der Waals surface area contributed by atoms with Crippen LogP contribution in [0.25, 0.3) is 0 Å². The van der Waals surface area contributed by atoms with Gasteiger partial charge in [0, 0.05) is 11.8 Å². The predicted molar refractivity (Wildman–Crippen MR) is 87.4 cm³/mol. The molecule has 0 aromatic rings. The second-order valence-electron chi connectivity index (χ2n) is 6.10. The van der Waals surface area contributed by atoms with Gasteiger partial charge in [0.2, 0.25) is 0 Å². The van der Waals surface area contributed by atoms with Gasteiger partial charge in [-0.05, 0) is 60.3 Å². The molecule has 0 atom stereocenters. The summed E-state index contributed by atoms with van der Waals surface area (Å²) < 4.78 is 25.0. The van der Waals surface area contributed by atoms with E-state index in [1.165, 1.54) is 25.7 Å². The lowest BCUT2D eigenvalue weighted by atomic mass is 9.85. The molecule has 20 heavy (non-hydrogen) atoms. The SMILES string of the molecule is CCCCCC1COC(C2CCC(=C(F)I)CC2)OC1. The van der Waals surface area contributed by atoms with E-state index in [0.717, 1.165) is 44.5 Å². The Morgan fingerprint density at radius 1 is 1.20 bits per heavy atom. The number of hydrogen-bond donors (Lipinski definition) is 0. The highest BCUT2D eigenvalue weighted by atomic mass is 127. The fraction of sp³-hybridized carbons (Fsp3) is 0.875. The van der Waals surface area contributed by atoms with E-state index in [4.69, 9.17) is 9.47 Å². The minimum Gasteiger partial charge on any atom is -0.352 e. The van der Waals surface area contributed by atoms with Crippen LogP contribution in [0.1, 0.15) is 58.3 Å². The quantitative estimate of drug-likeness (QED) is 0.460. The fourth-order valence-electron chi connectivity index (χ4n) is 3.13. The molecule has 1 heterocycles. The molecule has 0 amide bonds. The number of allylic oxidation sites excluding steroid dienone is 1. The number of rotatable bonds is 5. The monoisotopic (exact) mass is 396 g/mol. The molecule has 116 valence electrons. The molecular weight excluding hydrogens is 370 g/mol. The van der Waals surface area contributed by atoms with Crippen molar-refractivity contribution in [3.05, 3.63) is 9.41 Å². The van der Waals surface area contributed by atoms with Crippen LogP contribution in [-0.4, -0.2) is 19.5 Å². The van der Waals surface area contributed by atoms with Crippen molar-refractivity contribution < 1.29 is 13.9 Å². The minimum absolute atomic E-state index is 0.0116. The summed E-state index contributed by atoms with van der Waals surface area (Å²) in [5.41, 5.74) is 0.982. The van der Waals surface area contributed by atoms with Crippen molar-refractivity contribution in [1.29, 1.82) is 0 Å². The zero-order chi connectivity index (χ0) is 14.4. The van der Waals surface area contributed by atoms with Gasteiger partial charge in [0.05, 0.1) is 13.2 Å². The predicted octanol–water partition coefficient (Wildman–Crippen LogP) is 5.36. The average molecular weight is 396 g/mol. The van der Waals surface area contributed by atoms with Crippen LogP contribution in [0.2, 0.25) is 0 Å². The van der Waals surface area contributed by atoms with E-state index in [1.54, 1.807) is 22.6 Å². The van der Waals surface area contributed by atoms with Crippen molar-refractivity contribution in [3.8, 4) is 0 Å². The first kappa shape index (κ1) is 16.7. The third kappa shape index (κ3) is 4.95. The average Bonchev–Trinajstić information content (AvgIpc) is 2.48. The summed E-state index contributed by atoms with van der Waals surface area (Å²) in [5.74, 6) is 1.02. The van der Waals surface area contributed by atoms with E-state index in [1.807, 2.05) is 0 Å². The van der Waals surface area contributed by atoms with Crippen molar-refractivity contribution >= 4 is 22.6 Å². The molecule has 1 aliphatic carbocycles. The van der Waals surface area contributed by atoms with Gasteiger partial charge >= 0.3 is 0 Å². The molecule has 0 aromatic carbocycles. The molecule has 2 nitrogen and oxygen atoms in total. The highest BCUT2D eigenvalue weighted by molar-refractivity contribution is 14.1. The van der Waals surface area contributed by atoms with Crippen LogP contribution in [0.4, 0.5) is 4.39 Å². The second-order valence-corrected chi connectivity index (χ2v) is 7.05. The minimum atomic E-state index is -0.0451. The van der Waals surface area contributed by atoms with E-state index in [2.05, 4.69) is 6.92 Å². The van der Waals surface area contributed by atoms with Crippen LogP contribution < -0.4 is 0 Å². The van der Waals surface area contributed by atoms with E-state index >= 15 is 0 Å². The Morgan fingerprint density at radius 3 is 2.40 bits per heavy atom. The Morgan fingerprint density at radius 2 is 1.85 bits per heavy atom. The van der Waals surface area contributed by atoms with Crippen LogP contribution in [0, 0.1) is 11.8 Å². The summed E-state index contributed by atoms with van der Waals surface area (Å²) in [6.07, 6.45) is 8.75. The molecule has 0 spiro atoms. The van der Waals surface area contributed by atoms with E-state index in [0.29, 0.717) is 11.8 Å². The van der Waals surface area contributed by atoms with Crippen LogP contribution in [0.15, 0.2) is 9.41 Å². The van der Waals surface area contributed by atoms with Gasteiger partial charge in [0.1, 0.15) is 0 Å². The van der Waals surface area contributed by atoms with Gasteiger partial charge in [-0.2, -0.15) is 4.39 Å². The van der Waals surface area contributed by atoms with Crippen molar-refractivity contribution in [2.45, 2.75) is 64.6 Å². The normalized spacial score (nSPS) is 31.4. The number of halogens is 2. The topological polar surface area (TPSA) is 18.5 Å². The summed E-state index contributed by atoms with van der Waals surface area (Å²) in [7, 11) is 0. The second kappa shape index (κ2) is 8.69. The van der Waals surface area contributed by atoms with Crippen LogP contribution >= 0.6 is 22.6 Å². The van der Waals surface area contributed by atoms with E-state index < -0.39 is 0 Å². The lowest BCUT2D eigenvalue weighted by molar-refractivity contribution is -0.228. The van der Waals surface area contributed by atoms with Gasteiger partial charge in [0.15, 0.2) is 10.1 Å². The zero-order valence-electron chi connectivity index (χ0n) is 12.4. The van der Waals surface area contributed by atoms with Crippen LogP contribution in [0.3, 0.4) is 0 Å². The number of ether oxygens (including phenoxy) is 2. The Bertz CT molecular complexity index is 310. The molecular formula is C16H26FIO2. The lowest BCUT2D eigenvalue weighted by Crippen LogP contribution is -2.38. The smallest absolute Gasteiger partial charge is 0.160 e. The molecule has 0 unspecified atom stereocenters. The first-order chi connectivity index (χ1) is 9.70. The van der Waals surface area contributed by atoms with E-state index in [9.17, 15) is 4.39 Å². The molecule has 4 heteroatoms. The van der Waals surface area contributed by atoms with Crippen LogP contribution in [-0.2, 0) is 9.47 Å². The van der Waals surface area contributed by atoms with Crippen LogP contribution in [0.5, 0.6) is 0 Å². The van der Waals surface area contributed by atoms with Crippen molar-refractivity contribution in [2.75, 3.05) is 13.2 Å². The Balaban J connectivity index is 1.68. The molecule has 2 rings (SSSR count). The molecule has 2 fully saturated rings. The number of unbranched alkanes of at least 4 members (excludes halogenated alkanes) is 2. The van der Waals surface area contributed by atoms with Gasteiger partial charge < -0.3 is 9.47 Å². The number of hydrogen-bond acceptors (Lipinski definition) is 2. The molecule has 1 aliphatic heterocycles. The van der Waals surface area contributed by atoms with E-state index in [-0.39, 0.29) is 10.1 Å². The molecule has 2 aliphatic rings. The highest BCUT2D eigenvalue weighted by Crippen LogP contribution is 2.36.